The van der Waals surface area contributed by atoms with Gasteiger partial charge >= 0.3 is 0 Å². The highest BCUT2D eigenvalue weighted by molar-refractivity contribution is 5.41. The number of para-hydroxylation sites is 1. The third-order valence-corrected chi connectivity index (χ3v) is 3.90. The molecule has 3 rings (SSSR count). The molecule has 2 aromatic carbocycles. The first-order valence-electron chi connectivity index (χ1n) is 7.48. The highest BCUT2D eigenvalue weighted by Gasteiger charge is 2.21. The van der Waals surface area contributed by atoms with Crippen LogP contribution >= 0.6 is 0 Å². The van der Waals surface area contributed by atoms with Crippen LogP contribution in [-0.4, -0.2) is 29.8 Å². The van der Waals surface area contributed by atoms with Crippen molar-refractivity contribution in [3.8, 4) is 17.2 Å². The Morgan fingerprint density at radius 1 is 1.27 bits per heavy atom. The molecule has 0 bridgehead atoms. The van der Waals surface area contributed by atoms with Gasteiger partial charge in [-0.25, -0.2) is 0 Å². The molecule has 0 aliphatic carbocycles. The van der Waals surface area contributed by atoms with E-state index in [1.54, 1.807) is 13.2 Å². The Labute approximate surface area is 130 Å². The molecule has 1 atom stereocenters. The average Bonchev–Trinajstić information content (AvgIpc) is 2.66. The topological polar surface area (TPSA) is 41.9 Å². The molecule has 4 heteroatoms. The number of phenols is 1. The van der Waals surface area contributed by atoms with Gasteiger partial charge in [-0.05, 0) is 19.1 Å². The van der Waals surface area contributed by atoms with Gasteiger partial charge in [-0.2, -0.15) is 0 Å². The van der Waals surface area contributed by atoms with Gasteiger partial charge < -0.3 is 14.6 Å². The predicted molar refractivity (Wildman–Crippen MR) is 85.3 cm³/mol. The molecule has 1 heterocycles. The van der Waals surface area contributed by atoms with E-state index in [9.17, 15) is 5.11 Å². The first kappa shape index (κ1) is 14.7. The molecular weight excluding hydrogens is 278 g/mol. The molecule has 0 fully saturated rings. The summed E-state index contributed by atoms with van der Waals surface area (Å²) in [7, 11) is 1.66. The van der Waals surface area contributed by atoms with Gasteiger partial charge in [0.25, 0.3) is 0 Å². The monoisotopic (exact) mass is 299 g/mol. The van der Waals surface area contributed by atoms with Crippen molar-refractivity contribution < 1.29 is 14.6 Å². The summed E-state index contributed by atoms with van der Waals surface area (Å²) in [5, 5.41) is 9.97. The van der Waals surface area contributed by atoms with Crippen molar-refractivity contribution in [1.82, 2.24) is 4.90 Å². The third kappa shape index (κ3) is 3.17. The Morgan fingerprint density at radius 3 is 2.86 bits per heavy atom. The van der Waals surface area contributed by atoms with Crippen molar-refractivity contribution in [3.05, 3.63) is 53.6 Å². The summed E-state index contributed by atoms with van der Waals surface area (Å²) in [6.07, 6.45) is 0.0826. The van der Waals surface area contributed by atoms with E-state index in [-0.39, 0.29) is 6.10 Å². The fourth-order valence-corrected chi connectivity index (χ4v) is 2.83. The fourth-order valence-electron chi connectivity index (χ4n) is 2.83. The van der Waals surface area contributed by atoms with E-state index in [0.29, 0.717) is 12.3 Å². The van der Waals surface area contributed by atoms with Crippen molar-refractivity contribution in [2.75, 3.05) is 13.7 Å². The zero-order valence-electron chi connectivity index (χ0n) is 13.0. The smallest absolute Gasteiger partial charge is 0.127 e. The highest BCUT2D eigenvalue weighted by atomic mass is 16.5. The summed E-state index contributed by atoms with van der Waals surface area (Å²) in [4.78, 5) is 2.29. The van der Waals surface area contributed by atoms with E-state index in [1.807, 2.05) is 36.4 Å². The maximum atomic E-state index is 9.97. The number of phenolic OH excluding ortho intramolecular Hbond substituents is 1. The van der Waals surface area contributed by atoms with Crippen molar-refractivity contribution in [2.24, 2.45) is 0 Å². The van der Waals surface area contributed by atoms with Crippen LogP contribution in [0.1, 0.15) is 18.1 Å². The number of hydrogen-bond acceptors (Lipinski definition) is 4. The summed E-state index contributed by atoms with van der Waals surface area (Å²) in [5.74, 6) is 2.03. The molecule has 4 nitrogen and oxygen atoms in total. The first-order chi connectivity index (χ1) is 10.7. The van der Waals surface area contributed by atoms with E-state index in [0.717, 1.165) is 35.7 Å². The lowest BCUT2D eigenvalue weighted by atomic mass is 10.1. The Balaban J connectivity index is 1.83. The van der Waals surface area contributed by atoms with Crippen molar-refractivity contribution in [1.29, 1.82) is 0 Å². The molecule has 0 spiro atoms. The summed E-state index contributed by atoms with van der Waals surface area (Å²) < 4.78 is 11.3. The molecule has 1 N–H and O–H groups in total. The number of fused-ring (bicyclic) bond motifs is 1. The second-order valence-electron chi connectivity index (χ2n) is 5.70. The third-order valence-electron chi connectivity index (χ3n) is 3.90. The molecule has 0 amide bonds. The minimum Gasteiger partial charge on any atom is -0.508 e. The molecular formula is C18H21NO3. The number of hydrogen-bond donors (Lipinski definition) is 1. The Hall–Kier alpha value is -2.20. The van der Waals surface area contributed by atoms with Crippen LogP contribution in [0.4, 0.5) is 0 Å². The van der Waals surface area contributed by atoms with Gasteiger partial charge in [0.05, 0.1) is 7.11 Å². The Kier molecular flexibility index (Phi) is 4.20. The molecule has 1 aliphatic heterocycles. The largest absolute Gasteiger partial charge is 0.508 e. The maximum Gasteiger partial charge on any atom is 0.127 e. The quantitative estimate of drug-likeness (QED) is 0.945. The SMILES string of the molecule is COc1ccc2c(c1)OC(C)CN(Cc1ccccc1O)C2. The van der Waals surface area contributed by atoms with Gasteiger partial charge in [-0.15, -0.1) is 0 Å². The molecule has 2 aromatic rings. The number of methoxy groups -OCH3 is 1. The Morgan fingerprint density at radius 2 is 2.09 bits per heavy atom. The van der Waals surface area contributed by atoms with Crippen LogP contribution in [0.3, 0.4) is 0 Å². The van der Waals surface area contributed by atoms with Gasteiger partial charge in [-0.3, -0.25) is 4.90 Å². The van der Waals surface area contributed by atoms with Crippen LogP contribution in [0.25, 0.3) is 0 Å². The second kappa shape index (κ2) is 6.28. The average molecular weight is 299 g/mol. The number of ether oxygens (including phenoxy) is 2. The zero-order chi connectivity index (χ0) is 15.5. The van der Waals surface area contributed by atoms with Gasteiger partial charge in [0.1, 0.15) is 23.4 Å². The van der Waals surface area contributed by atoms with Crippen molar-refractivity contribution >= 4 is 0 Å². The number of nitrogens with zero attached hydrogens (tertiary/aromatic N) is 1. The number of benzene rings is 2. The fraction of sp³-hybridized carbons (Fsp3) is 0.333. The van der Waals surface area contributed by atoms with E-state index in [1.165, 1.54) is 0 Å². The van der Waals surface area contributed by atoms with Crippen LogP contribution in [0, 0.1) is 0 Å². The highest BCUT2D eigenvalue weighted by Crippen LogP contribution is 2.30. The van der Waals surface area contributed by atoms with Crippen LogP contribution in [0.5, 0.6) is 17.2 Å². The van der Waals surface area contributed by atoms with Crippen molar-refractivity contribution in [2.45, 2.75) is 26.1 Å². The van der Waals surface area contributed by atoms with Crippen LogP contribution in [0.2, 0.25) is 0 Å². The van der Waals surface area contributed by atoms with Crippen LogP contribution in [-0.2, 0) is 13.1 Å². The lowest BCUT2D eigenvalue weighted by Gasteiger charge is -2.22. The van der Waals surface area contributed by atoms with Gasteiger partial charge in [0.15, 0.2) is 0 Å². The molecule has 1 aliphatic rings. The van der Waals surface area contributed by atoms with Gasteiger partial charge in [-0.1, -0.05) is 24.3 Å². The normalized spacial score (nSPS) is 18.2. The molecule has 0 saturated carbocycles. The summed E-state index contributed by atoms with van der Waals surface area (Å²) in [5.41, 5.74) is 2.08. The zero-order valence-corrected chi connectivity index (χ0v) is 13.0. The minimum atomic E-state index is 0.0826. The van der Waals surface area contributed by atoms with Crippen LogP contribution < -0.4 is 9.47 Å². The number of rotatable bonds is 3. The number of aromatic hydroxyl groups is 1. The molecule has 0 saturated heterocycles. The maximum absolute atomic E-state index is 9.97. The van der Waals surface area contributed by atoms with E-state index < -0.39 is 0 Å². The molecule has 22 heavy (non-hydrogen) atoms. The van der Waals surface area contributed by atoms with E-state index in [2.05, 4.69) is 11.8 Å². The van der Waals surface area contributed by atoms with Gasteiger partial charge in [0, 0.05) is 36.8 Å². The molecule has 1 unspecified atom stereocenters. The lowest BCUT2D eigenvalue weighted by molar-refractivity contribution is 0.155. The van der Waals surface area contributed by atoms with Crippen LogP contribution in [0.15, 0.2) is 42.5 Å². The summed E-state index contributed by atoms with van der Waals surface area (Å²) in [6, 6.07) is 13.4. The van der Waals surface area contributed by atoms with Crippen molar-refractivity contribution in [3.63, 3.8) is 0 Å². The van der Waals surface area contributed by atoms with E-state index in [4.69, 9.17) is 9.47 Å². The Bertz CT molecular complexity index is 657. The lowest BCUT2D eigenvalue weighted by Crippen LogP contribution is -2.30. The summed E-state index contributed by atoms with van der Waals surface area (Å²) in [6.45, 7) is 4.36. The first-order valence-corrected chi connectivity index (χ1v) is 7.48. The standard InChI is InChI=1S/C18H21NO3/c1-13-10-19(11-14-5-3-4-6-17(14)20)12-15-7-8-16(21-2)9-18(15)22-13/h3-9,13,20H,10-12H2,1-2H3. The minimum absolute atomic E-state index is 0.0826. The summed E-state index contributed by atoms with van der Waals surface area (Å²) >= 11 is 0. The molecule has 0 radical (unpaired) electrons. The predicted octanol–water partition coefficient (Wildman–Crippen LogP) is 3.18. The molecule has 0 aromatic heterocycles. The van der Waals surface area contributed by atoms with E-state index >= 15 is 0 Å². The molecule has 116 valence electrons. The van der Waals surface area contributed by atoms with Gasteiger partial charge in [0.2, 0.25) is 0 Å². The second-order valence-corrected chi connectivity index (χ2v) is 5.70.